The second-order valence-corrected chi connectivity index (χ2v) is 3.51. The zero-order valence-corrected chi connectivity index (χ0v) is 7.39. The minimum atomic E-state index is -0.178. The molecule has 0 spiro atoms. The number of nitrogens with two attached hydrogens (primary N) is 1. The Hall–Kier alpha value is -1.09. The fraction of sp³-hybridized carbons (Fsp3) is 0.400. The summed E-state index contributed by atoms with van der Waals surface area (Å²) < 4.78 is 13.1. The van der Waals surface area contributed by atoms with Gasteiger partial charge in [-0.25, -0.2) is 4.39 Å². The lowest BCUT2D eigenvalue weighted by molar-refractivity contribution is 0.587. The van der Waals surface area contributed by atoms with Crippen molar-refractivity contribution in [3.63, 3.8) is 0 Å². The van der Waals surface area contributed by atoms with Gasteiger partial charge in [-0.3, -0.25) is 0 Å². The van der Waals surface area contributed by atoms with E-state index in [1.54, 1.807) is 12.1 Å². The van der Waals surface area contributed by atoms with Crippen LogP contribution in [-0.4, -0.2) is 6.04 Å². The Labute approximate surface area is 76.9 Å². The molecule has 2 rings (SSSR count). The molecule has 70 valence electrons. The Bertz CT molecular complexity index is 308. The predicted molar refractivity (Wildman–Crippen MR) is 50.7 cm³/mol. The second kappa shape index (κ2) is 3.34. The van der Waals surface area contributed by atoms with Crippen LogP contribution in [0.25, 0.3) is 0 Å². The molecule has 1 aromatic carbocycles. The van der Waals surface area contributed by atoms with E-state index in [9.17, 15) is 4.39 Å². The predicted octanol–water partition coefficient (Wildman–Crippen LogP) is 1.66. The largest absolute Gasteiger partial charge is 0.399 e. The van der Waals surface area contributed by atoms with Gasteiger partial charge >= 0.3 is 0 Å². The van der Waals surface area contributed by atoms with Crippen molar-refractivity contribution in [1.29, 1.82) is 0 Å². The van der Waals surface area contributed by atoms with Gasteiger partial charge in [0.15, 0.2) is 0 Å². The van der Waals surface area contributed by atoms with Crippen molar-refractivity contribution in [1.82, 2.24) is 5.32 Å². The zero-order valence-electron chi connectivity index (χ0n) is 7.39. The third-order valence-electron chi connectivity index (χ3n) is 2.23. The van der Waals surface area contributed by atoms with Crippen LogP contribution in [0.5, 0.6) is 0 Å². The van der Waals surface area contributed by atoms with Crippen LogP contribution in [0.15, 0.2) is 18.2 Å². The minimum absolute atomic E-state index is 0.178. The third-order valence-corrected chi connectivity index (χ3v) is 2.23. The molecule has 0 amide bonds. The third kappa shape index (κ3) is 2.18. The molecule has 0 saturated heterocycles. The van der Waals surface area contributed by atoms with Gasteiger partial charge in [0, 0.05) is 23.8 Å². The SMILES string of the molecule is Nc1ccc(F)c(CNC2CC2)c1. The molecule has 1 aromatic rings. The van der Waals surface area contributed by atoms with Crippen molar-refractivity contribution in [2.24, 2.45) is 0 Å². The first kappa shape index (κ1) is 8.51. The molecule has 3 heteroatoms. The first-order valence-electron chi connectivity index (χ1n) is 4.53. The summed E-state index contributed by atoms with van der Waals surface area (Å²) in [6, 6.07) is 5.28. The Morgan fingerprint density at radius 2 is 2.23 bits per heavy atom. The number of halogens is 1. The van der Waals surface area contributed by atoms with Gasteiger partial charge < -0.3 is 11.1 Å². The Balaban J connectivity index is 2.03. The molecule has 1 saturated carbocycles. The number of rotatable bonds is 3. The zero-order chi connectivity index (χ0) is 9.26. The number of benzene rings is 1. The standard InChI is InChI=1S/C10H13FN2/c11-10-4-1-8(12)5-7(10)6-13-9-2-3-9/h1,4-5,9,13H,2-3,6,12H2. The monoisotopic (exact) mass is 180 g/mol. The van der Waals surface area contributed by atoms with Crippen molar-refractivity contribution in [3.05, 3.63) is 29.6 Å². The molecule has 1 aliphatic carbocycles. The van der Waals surface area contributed by atoms with E-state index >= 15 is 0 Å². The summed E-state index contributed by atoms with van der Waals surface area (Å²) in [6.45, 7) is 0.585. The first-order chi connectivity index (χ1) is 6.25. The lowest BCUT2D eigenvalue weighted by Crippen LogP contribution is -2.16. The van der Waals surface area contributed by atoms with Crippen molar-refractivity contribution in [2.45, 2.75) is 25.4 Å². The van der Waals surface area contributed by atoms with Crippen LogP contribution in [0.1, 0.15) is 18.4 Å². The van der Waals surface area contributed by atoms with Crippen molar-refractivity contribution >= 4 is 5.69 Å². The maximum absolute atomic E-state index is 13.1. The van der Waals surface area contributed by atoms with E-state index in [1.165, 1.54) is 18.9 Å². The molecule has 0 atom stereocenters. The van der Waals surface area contributed by atoms with E-state index in [1.807, 2.05) is 0 Å². The lowest BCUT2D eigenvalue weighted by atomic mass is 10.2. The van der Waals surface area contributed by atoms with Gasteiger partial charge in [-0.05, 0) is 31.0 Å². The molecule has 3 N–H and O–H groups in total. The molecule has 1 aliphatic rings. The highest BCUT2D eigenvalue weighted by Gasteiger charge is 2.20. The highest BCUT2D eigenvalue weighted by Crippen LogP contribution is 2.20. The first-order valence-corrected chi connectivity index (χ1v) is 4.53. The summed E-state index contributed by atoms with van der Waals surface area (Å²) in [7, 11) is 0. The maximum Gasteiger partial charge on any atom is 0.127 e. The van der Waals surface area contributed by atoms with Crippen molar-refractivity contribution < 1.29 is 4.39 Å². The normalized spacial score (nSPS) is 16.1. The van der Waals surface area contributed by atoms with Crippen LogP contribution in [0.2, 0.25) is 0 Å². The van der Waals surface area contributed by atoms with Crippen LogP contribution in [-0.2, 0) is 6.54 Å². The number of hydrogen-bond donors (Lipinski definition) is 2. The van der Waals surface area contributed by atoms with E-state index in [0.717, 1.165) is 0 Å². The Morgan fingerprint density at radius 3 is 2.92 bits per heavy atom. The second-order valence-electron chi connectivity index (χ2n) is 3.51. The summed E-state index contributed by atoms with van der Waals surface area (Å²) in [6.07, 6.45) is 2.42. The summed E-state index contributed by atoms with van der Waals surface area (Å²) in [4.78, 5) is 0. The van der Waals surface area contributed by atoms with Gasteiger partial charge in [0.25, 0.3) is 0 Å². The highest BCUT2D eigenvalue weighted by molar-refractivity contribution is 5.41. The van der Waals surface area contributed by atoms with Crippen LogP contribution >= 0.6 is 0 Å². The van der Waals surface area contributed by atoms with Gasteiger partial charge in [0.05, 0.1) is 0 Å². The molecule has 0 radical (unpaired) electrons. The molecule has 0 aromatic heterocycles. The number of nitrogen functional groups attached to an aromatic ring is 1. The summed E-state index contributed by atoms with van der Waals surface area (Å²) >= 11 is 0. The van der Waals surface area contributed by atoms with Crippen molar-refractivity contribution in [2.75, 3.05) is 5.73 Å². The summed E-state index contributed by atoms with van der Waals surface area (Å²) in [5.41, 5.74) is 6.83. The van der Waals surface area contributed by atoms with E-state index in [4.69, 9.17) is 5.73 Å². The molecule has 0 heterocycles. The minimum Gasteiger partial charge on any atom is -0.399 e. The fourth-order valence-electron chi connectivity index (χ4n) is 1.27. The molecule has 0 unspecified atom stereocenters. The molecule has 0 bridgehead atoms. The lowest BCUT2D eigenvalue weighted by Gasteiger charge is -2.05. The molecular weight excluding hydrogens is 167 g/mol. The number of nitrogens with one attached hydrogen (secondary N) is 1. The van der Waals surface area contributed by atoms with E-state index in [2.05, 4.69) is 5.32 Å². The summed E-state index contributed by atoms with van der Waals surface area (Å²) in [5.74, 6) is -0.178. The van der Waals surface area contributed by atoms with E-state index < -0.39 is 0 Å². The highest BCUT2D eigenvalue weighted by atomic mass is 19.1. The van der Waals surface area contributed by atoms with Gasteiger partial charge in [-0.2, -0.15) is 0 Å². The average Bonchev–Trinajstić information content (AvgIpc) is 2.90. The van der Waals surface area contributed by atoms with Gasteiger partial charge in [0.2, 0.25) is 0 Å². The maximum atomic E-state index is 13.1. The smallest absolute Gasteiger partial charge is 0.127 e. The van der Waals surface area contributed by atoms with Crippen molar-refractivity contribution in [3.8, 4) is 0 Å². The topological polar surface area (TPSA) is 38.0 Å². The van der Waals surface area contributed by atoms with Gasteiger partial charge in [0.1, 0.15) is 5.82 Å². The molecular formula is C10H13FN2. The molecule has 2 nitrogen and oxygen atoms in total. The quantitative estimate of drug-likeness (QED) is 0.694. The fourth-order valence-corrected chi connectivity index (χ4v) is 1.27. The van der Waals surface area contributed by atoms with Crippen LogP contribution in [0.4, 0.5) is 10.1 Å². The molecule has 1 fully saturated rings. The van der Waals surface area contributed by atoms with Crippen LogP contribution < -0.4 is 11.1 Å². The van der Waals surface area contributed by atoms with Gasteiger partial charge in [-0.1, -0.05) is 0 Å². The Kier molecular flexibility index (Phi) is 2.19. The van der Waals surface area contributed by atoms with Crippen LogP contribution in [0.3, 0.4) is 0 Å². The number of hydrogen-bond acceptors (Lipinski definition) is 2. The Morgan fingerprint density at radius 1 is 1.46 bits per heavy atom. The van der Waals surface area contributed by atoms with Gasteiger partial charge in [-0.15, -0.1) is 0 Å². The summed E-state index contributed by atoms with van der Waals surface area (Å²) in [5, 5.41) is 3.25. The average molecular weight is 180 g/mol. The molecule has 0 aliphatic heterocycles. The van der Waals surface area contributed by atoms with E-state index in [-0.39, 0.29) is 5.82 Å². The number of anilines is 1. The van der Waals surface area contributed by atoms with Crippen LogP contribution in [0, 0.1) is 5.82 Å². The van der Waals surface area contributed by atoms with E-state index in [0.29, 0.717) is 23.8 Å². The molecule has 13 heavy (non-hydrogen) atoms.